The van der Waals surface area contributed by atoms with Gasteiger partial charge in [0.2, 0.25) is 5.91 Å². The molecule has 2 heterocycles. The van der Waals surface area contributed by atoms with Gasteiger partial charge in [-0.3, -0.25) is 9.69 Å². The van der Waals surface area contributed by atoms with E-state index in [4.69, 9.17) is 21.7 Å². The van der Waals surface area contributed by atoms with Gasteiger partial charge in [-0.1, -0.05) is 35.9 Å². The molecule has 1 amide bonds. The number of nitrogens with zero attached hydrogens (tertiary/aromatic N) is 1. The van der Waals surface area contributed by atoms with Gasteiger partial charge in [-0.25, -0.2) is 0 Å². The molecular formula is C28H26F3N3O3S. The molecule has 2 N–H and O–H groups in total. The normalized spacial score (nSPS) is 22.2. The average molecular weight is 542 g/mol. The van der Waals surface area contributed by atoms with Crippen LogP contribution in [0.4, 0.5) is 24.5 Å². The molecule has 2 bridgehead atoms. The lowest BCUT2D eigenvalue weighted by atomic mass is 9.78. The number of benzene rings is 3. The Morgan fingerprint density at radius 2 is 1.87 bits per heavy atom. The molecule has 2 aliphatic heterocycles. The van der Waals surface area contributed by atoms with Crippen LogP contribution in [0.3, 0.4) is 0 Å². The van der Waals surface area contributed by atoms with Crippen molar-refractivity contribution in [2.75, 3.05) is 17.3 Å². The summed E-state index contributed by atoms with van der Waals surface area (Å²) in [6, 6.07) is 15.2. The van der Waals surface area contributed by atoms with Crippen LogP contribution in [0.15, 0.2) is 60.7 Å². The van der Waals surface area contributed by atoms with Crippen molar-refractivity contribution >= 4 is 34.6 Å². The number of carbonyl (C=O) groups is 1. The van der Waals surface area contributed by atoms with Crippen LogP contribution in [0.1, 0.15) is 35.2 Å². The summed E-state index contributed by atoms with van der Waals surface area (Å²) < 4.78 is 52.9. The highest BCUT2D eigenvalue weighted by Crippen LogP contribution is 2.52. The number of hydrogen-bond donors (Lipinski definition) is 2. The zero-order valence-corrected chi connectivity index (χ0v) is 22.0. The van der Waals surface area contributed by atoms with Gasteiger partial charge in [0.05, 0.1) is 18.7 Å². The third-order valence-electron chi connectivity index (χ3n) is 7.06. The fraction of sp³-hybridized carbons (Fsp3) is 0.286. The van der Waals surface area contributed by atoms with Crippen molar-refractivity contribution in [3.8, 4) is 11.5 Å². The molecule has 1 saturated heterocycles. The Morgan fingerprint density at radius 3 is 2.55 bits per heavy atom. The van der Waals surface area contributed by atoms with Gasteiger partial charge in [-0.15, -0.1) is 0 Å². The number of anilines is 2. The van der Waals surface area contributed by atoms with E-state index in [0.29, 0.717) is 22.7 Å². The van der Waals surface area contributed by atoms with Crippen LogP contribution in [0.2, 0.25) is 0 Å². The van der Waals surface area contributed by atoms with Crippen LogP contribution in [-0.4, -0.2) is 23.9 Å². The van der Waals surface area contributed by atoms with Crippen molar-refractivity contribution in [3.63, 3.8) is 0 Å². The van der Waals surface area contributed by atoms with Crippen molar-refractivity contribution in [1.82, 2.24) is 5.32 Å². The first-order valence-corrected chi connectivity index (χ1v) is 12.4. The Morgan fingerprint density at radius 1 is 1.13 bits per heavy atom. The number of fused-ring (bicyclic) bond motifs is 4. The number of para-hydroxylation sites is 1. The van der Waals surface area contributed by atoms with E-state index >= 15 is 0 Å². The molecule has 10 heteroatoms. The van der Waals surface area contributed by atoms with Crippen molar-refractivity contribution in [1.29, 1.82) is 0 Å². The van der Waals surface area contributed by atoms with Crippen LogP contribution in [0, 0.1) is 19.8 Å². The zero-order chi connectivity index (χ0) is 27.4. The summed E-state index contributed by atoms with van der Waals surface area (Å²) in [6.45, 7) is 5.52. The highest BCUT2D eigenvalue weighted by molar-refractivity contribution is 7.80. The van der Waals surface area contributed by atoms with Crippen LogP contribution < -0.4 is 25.0 Å². The Bertz CT molecular complexity index is 1440. The third kappa shape index (κ3) is 4.22. The number of amides is 1. The zero-order valence-electron chi connectivity index (χ0n) is 21.1. The molecule has 0 unspecified atom stereocenters. The molecule has 38 heavy (non-hydrogen) atoms. The summed E-state index contributed by atoms with van der Waals surface area (Å²) in [5.41, 5.74) is 1.02. The van der Waals surface area contributed by atoms with Crippen LogP contribution in [-0.2, 0) is 11.0 Å². The third-order valence-corrected chi connectivity index (χ3v) is 7.36. The predicted molar refractivity (Wildman–Crippen MR) is 142 cm³/mol. The van der Waals surface area contributed by atoms with Gasteiger partial charge in [0, 0.05) is 16.9 Å². The topological polar surface area (TPSA) is 62.8 Å². The Hall–Kier alpha value is -3.79. The second kappa shape index (κ2) is 9.20. The van der Waals surface area contributed by atoms with Gasteiger partial charge in [0.1, 0.15) is 5.92 Å². The Labute approximate surface area is 223 Å². The number of alkyl halides is 3. The van der Waals surface area contributed by atoms with Gasteiger partial charge in [0.25, 0.3) is 0 Å². The van der Waals surface area contributed by atoms with E-state index in [1.807, 2.05) is 38.1 Å². The van der Waals surface area contributed by atoms with Crippen molar-refractivity contribution in [3.05, 3.63) is 82.9 Å². The molecule has 0 spiro atoms. The molecule has 3 aromatic rings. The summed E-state index contributed by atoms with van der Waals surface area (Å²) in [5, 5.41) is 6.35. The number of nitrogens with one attached hydrogen (secondary N) is 2. The van der Waals surface area contributed by atoms with E-state index in [2.05, 4.69) is 10.6 Å². The number of hydrogen-bond acceptors (Lipinski definition) is 4. The summed E-state index contributed by atoms with van der Waals surface area (Å²) in [5.74, 6) is -0.454. The predicted octanol–water partition coefficient (Wildman–Crippen LogP) is 6.13. The number of methoxy groups -OCH3 is 1. The maximum Gasteiger partial charge on any atom is 0.416 e. The molecule has 0 aromatic heterocycles. The number of thiocarbonyl (C=S) groups is 1. The average Bonchev–Trinajstić information content (AvgIpc) is 2.84. The fourth-order valence-corrected chi connectivity index (χ4v) is 5.72. The molecular weight excluding hydrogens is 515 g/mol. The minimum absolute atomic E-state index is 0.140. The van der Waals surface area contributed by atoms with E-state index in [0.717, 1.165) is 23.3 Å². The van der Waals surface area contributed by atoms with Gasteiger partial charge in [0.15, 0.2) is 22.3 Å². The number of aryl methyl sites for hydroxylation is 2. The SMILES string of the molecule is COc1cccc2c1O[C@@]1(C)[C@H](C(=O)Nc3ccc(C)cc3C)[C@H]2NC(=S)N1c1cccc(C(F)(F)F)c1. The minimum atomic E-state index is -4.56. The van der Waals surface area contributed by atoms with Crippen molar-refractivity contribution in [2.24, 2.45) is 5.92 Å². The molecule has 6 nitrogen and oxygen atoms in total. The molecule has 3 aromatic carbocycles. The summed E-state index contributed by atoms with van der Waals surface area (Å²) in [4.78, 5) is 15.4. The number of ether oxygens (including phenoxy) is 2. The van der Waals surface area contributed by atoms with Gasteiger partial charge in [-0.2, -0.15) is 13.2 Å². The highest BCUT2D eigenvalue weighted by Gasteiger charge is 2.59. The number of carbonyl (C=O) groups excluding carboxylic acids is 1. The van der Waals surface area contributed by atoms with E-state index in [1.54, 1.807) is 19.1 Å². The van der Waals surface area contributed by atoms with E-state index in [1.165, 1.54) is 24.1 Å². The monoisotopic (exact) mass is 541 g/mol. The quantitative estimate of drug-likeness (QED) is 0.388. The summed E-state index contributed by atoms with van der Waals surface area (Å²) in [7, 11) is 1.50. The summed E-state index contributed by atoms with van der Waals surface area (Å²) >= 11 is 5.66. The Balaban J connectivity index is 1.66. The maximum atomic E-state index is 14.0. The molecule has 2 aliphatic rings. The number of halogens is 3. The maximum absolute atomic E-state index is 14.0. The van der Waals surface area contributed by atoms with Crippen LogP contribution >= 0.6 is 12.2 Å². The second-order valence-corrected chi connectivity index (χ2v) is 10.0. The molecule has 0 saturated carbocycles. The minimum Gasteiger partial charge on any atom is -0.493 e. The molecule has 5 rings (SSSR count). The molecule has 3 atom stereocenters. The molecule has 0 radical (unpaired) electrons. The lowest BCUT2D eigenvalue weighted by molar-refractivity contribution is -0.137. The first kappa shape index (κ1) is 25.8. The van der Waals surface area contributed by atoms with Crippen molar-refractivity contribution in [2.45, 2.75) is 38.7 Å². The van der Waals surface area contributed by atoms with E-state index < -0.39 is 29.4 Å². The molecule has 1 fully saturated rings. The van der Waals surface area contributed by atoms with Crippen molar-refractivity contribution < 1.29 is 27.4 Å². The van der Waals surface area contributed by atoms with Crippen LogP contribution in [0.5, 0.6) is 11.5 Å². The van der Waals surface area contributed by atoms with Gasteiger partial charge in [-0.05, 0) is 68.9 Å². The Kier molecular flexibility index (Phi) is 6.25. The standard InChI is InChI=1S/C28H26F3N3O3S/c1-15-11-12-20(16(2)13-15)32-25(35)22-23-19-9-6-10-21(36-4)24(19)37-27(22,3)34(26(38)33-23)18-8-5-7-17(14-18)28(29,30)31/h5-14,22-23H,1-4H3,(H,32,35)(H,33,38)/t22-,23-,27-/m0/s1. The van der Waals surface area contributed by atoms with Gasteiger partial charge < -0.3 is 20.1 Å². The highest BCUT2D eigenvalue weighted by atomic mass is 32.1. The van der Waals surface area contributed by atoms with Crippen LogP contribution in [0.25, 0.3) is 0 Å². The van der Waals surface area contributed by atoms with E-state index in [-0.39, 0.29) is 16.7 Å². The lowest BCUT2D eigenvalue weighted by Gasteiger charge is -2.56. The number of rotatable bonds is 4. The lowest BCUT2D eigenvalue weighted by Crippen LogP contribution is -2.72. The first-order chi connectivity index (χ1) is 17.9. The smallest absolute Gasteiger partial charge is 0.416 e. The van der Waals surface area contributed by atoms with E-state index in [9.17, 15) is 18.0 Å². The largest absolute Gasteiger partial charge is 0.493 e. The van der Waals surface area contributed by atoms with Gasteiger partial charge >= 0.3 is 6.18 Å². The second-order valence-electron chi connectivity index (χ2n) is 9.63. The fourth-order valence-electron chi connectivity index (χ4n) is 5.31. The molecule has 198 valence electrons. The first-order valence-electron chi connectivity index (χ1n) is 12.0. The summed E-state index contributed by atoms with van der Waals surface area (Å²) in [6.07, 6.45) is -4.56. The molecule has 0 aliphatic carbocycles.